The number of hydrogen-bond acceptors (Lipinski definition) is 3. The minimum absolute atomic E-state index is 0.241. The predicted octanol–water partition coefficient (Wildman–Crippen LogP) is 0.181. The number of hydrogen-bond donors (Lipinski definition) is 1. The Hall–Kier alpha value is -0.290. The molecular formula is C4H9N3OS. The van der Waals surface area contributed by atoms with Crippen LogP contribution in [-0.2, 0) is 11.0 Å². The lowest BCUT2D eigenvalue weighted by Gasteiger charge is -1.98. The summed E-state index contributed by atoms with van der Waals surface area (Å²) in [6, 6.07) is 0. The lowest BCUT2D eigenvalue weighted by Crippen LogP contribution is -2.14. The van der Waals surface area contributed by atoms with E-state index in [1.165, 1.54) is 0 Å². The highest BCUT2D eigenvalue weighted by atomic mass is 32.2. The van der Waals surface area contributed by atoms with Gasteiger partial charge in [-0.2, -0.15) is 10.2 Å². The lowest BCUT2D eigenvalue weighted by atomic mass is 10.2. The van der Waals surface area contributed by atoms with Crippen LogP contribution in [0.3, 0.4) is 0 Å². The number of nitrogens with two attached hydrogens (primary N) is 1. The second-order valence-corrected chi connectivity index (χ2v) is 3.42. The van der Waals surface area contributed by atoms with E-state index >= 15 is 0 Å². The molecule has 0 amide bonds. The van der Waals surface area contributed by atoms with Crippen LogP contribution in [0.15, 0.2) is 10.2 Å². The first-order valence-electron chi connectivity index (χ1n) is 2.69. The standard InChI is InChI=1S/C4H9N3OS/c1-4(6-7-4)2-3-9(5)8/h2-3,5H2,1H3. The number of rotatable bonds is 3. The maximum Gasteiger partial charge on any atom is 0.189 e. The van der Waals surface area contributed by atoms with Crippen molar-refractivity contribution in [2.24, 2.45) is 15.4 Å². The van der Waals surface area contributed by atoms with Crippen LogP contribution in [0, 0.1) is 0 Å². The molecule has 1 aliphatic rings. The molecule has 0 aromatic heterocycles. The molecule has 0 saturated carbocycles. The summed E-state index contributed by atoms with van der Waals surface area (Å²) in [5, 5.41) is 12.5. The highest BCUT2D eigenvalue weighted by Gasteiger charge is 2.33. The van der Waals surface area contributed by atoms with Crippen LogP contribution in [-0.4, -0.2) is 15.6 Å². The SMILES string of the molecule is CC1(CCS(N)=O)N=N1. The van der Waals surface area contributed by atoms with Crippen molar-refractivity contribution in [3.63, 3.8) is 0 Å². The summed E-state index contributed by atoms with van der Waals surface area (Å²) < 4.78 is 10.3. The normalized spacial score (nSPS) is 23.8. The van der Waals surface area contributed by atoms with Gasteiger partial charge in [-0.1, -0.05) is 0 Å². The summed E-state index contributed by atoms with van der Waals surface area (Å²) in [6.07, 6.45) is 0.704. The van der Waals surface area contributed by atoms with Crippen LogP contribution in [0.1, 0.15) is 13.3 Å². The van der Waals surface area contributed by atoms with Gasteiger partial charge in [0.05, 0.1) is 11.0 Å². The second kappa shape index (κ2) is 2.15. The molecule has 0 aromatic carbocycles. The summed E-state index contributed by atoms with van der Waals surface area (Å²) >= 11 is 0. The zero-order chi connectivity index (χ0) is 6.91. The van der Waals surface area contributed by atoms with Crippen LogP contribution in [0.5, 0.6) is 0 Å². The molecule has 5 heteroatoms. The third kappa shape index (κ3) is 2.19. The van der Waals surface area contributed by atoms with Crippen LogP contribution in [0.4, 0.5) is 0 Å². The highest BCUT2D eigenvalue weighted by molar-refractivity contribution is 7.82. The van der Waals surface area contributed by atoms with Crippen molar-refractivity contribution in [3.05, 3.63) is 0 Å². The third-order valence-electron chi connectivity index (χ3n) is 1.22. The van der Waals surface area contributed by atoms with Crippen molar-refractivity contribution in [2.75, 3.05) is 5.75 Å². The van der Waals surface area contributed by atoms with E-state index in [9.17, 15) is 4.21 Å². The molecule has 52 valence electrons. The molecule has 1 unspecified atom stereocenters. The highest BCUT2D eigenvalue weighted by Crippen LogP contribution is 2.30. The van der Waals surface area contributed by atoms with Gasteiger partial charge in [-0.25, -0.2) is 4.21 Å². The largest absolute Gasteiger partial charge is 0.252 e. The Morgan fingerprint density at radius 1 is 1.67 bits per heavy atom. The van der Waals surface area contributed by atoms with E-state index in [4.69, 9.17) is 5.14 Å². The van der Waals surface area contributed by atoms with Crippen molar-refractivity contribution in [1.29, 1.82) is 0 Å². The monoisotopic (exact) mass is 147 g/mol. The maximum atomic E-state index is 10.3. The van der Waals surface area contributed by atoms with E-state index in [2.05, 4.69) is 10.2 Å². The molecule has 1 heterocycles. The smallest absolute Gasteiger partial charge is 0.189 e. The third-order valence-corrected chi connectivity index (χ3v) is 1.82. The lowest BCUT2D eigenvalue weighted by molar-refractivity contribution is 0.631. The average molecular weight is 147 g/mol. The zero-order valence-electron chi connectivity index (χ0n) is 5.20. The van der Waals surface area contributed by atoms with Gasteiger partial charge >= 0.3 is 0 Å². The van der Waals surface area contributed by atoms with Crippen molar-refractivity contribution in [2.45, 2.75) is 19.0 Å². The van der Waals surface area contributed by atoms with Crippen LogP contribution >= 0.6 is 0 Å². The molecular weight excluding hydrogens is 138 g/mol. The van der Waals surface area contributed by atoms with Crippen LogP contribution in [0.2, 0.25) is 0 Å². The van der Waals surface area contributed by atoms with Gasteiger partial charge in [0.25, 0.3) is 0 Å². The molecule has 0 fully saturated rings. The van der Waals surface area contributed by atoms with Gasteiger partial charge in [-0.15, -0.1) is 0 Å². The minimum Gasteiger partial charge on any atom is -0.252 e. The van der Waals surface area contributed by atoms with E-state index < -0.39 is 11.0 Å². The van der Waals surface area contributed by atoms with Crippen molar-refractivity contribution in [1.82, 2.24) is 0 Å². The average Bonchev–Trinajstić information content (AvgIpc) is 2.45. The topological polar surface area (TPSA) is 67.8 Å². The Morgan fingerprint density at radius 2 is 2.22 bits per heavy atom. The molecule has 0 spiro atoms. The fourth-order valence-electron chi connectivity index (χ4n) is 0.479. The molecule has 0 radical (unpaired) electrons. The summed E-state index contributed by atoms with van der Waals surface area (Å²) in [5.74, 6) is 0.490. The molecule has 0 saturated heterocycles. The fourth-order valence-corrected chi connectivity index (χ4v) is 1.07. The summed E-state index contributed by atoms with van der Waals surface area (Å²) in [5.41, 5.74) is -0.241. The molecule has 2 N–H and O–H groups in total. The van der Waals surface area contributed by atoms with Crippen molar-refractivity contribution < 1.29 is 4.21 Å². The molecule has 1 aliphatic heterocycles. The first-order chi connectivity index (χ1) is 4.12. The van der Waals surface area contributed by atoms with Gasteiger partial charge < -0.3 is 0 Å². The van der Waals surface area contributed by atoms with Crippen LogP contribution in [0.25, 0.3) is 0 Å². The van der Waals surface area contributed by atoms with Gasteiger partial charge in [0.2, 0.25) is 0 Å². The van der Waals surface area contributed by atoms with E-state index in [0.29, 0.717) is 12.2 Å². The van der Waals surface area contributed by atoms with Gasteiger partial charge in [0, 0.05) is 12.2 Å². The predicted molar refractivity (Wildman–Crippen MR) is 35.1 cm³/mol. The quantitative estimate of drug-likeness (QED) is 0.608. The van der Waals surface area contributed by atoms with Crippen molar-refractivity contribution in [3.8, 4) is 0 Å². The van der Waals surface area contributed by atoms with Gasteiger partial charge in [-0.05, 0) is 6.92 Å². The molecule has 9 heavy (non-hydrogen) atoms. The van der Waals surface area contributed by atoms with Gasteiger partial charge in [-0.3, -0.25) is 5.14 Å². The maximum absolute atomic E-state index is 10.3. The summed E-state index contributed by atoms with van der Waals surface area (Å²) in [7, 11) is -1.19. The Labute approximate surface area is 56.1 Å². The van der Waals surface area contributed by atoms with Crippen LogP contribution < -0.4 is 5.14 Å². The molecule has 0 aromatic rings. The first kappa shape index (κ1) is 6.82. The molecule has 4 nitrogen and oxygen atoms in total. The Balaban J connectivity index is 2.13. The molecule has 0 aliphatic carbocycles. The minimum atomic E-state index is -1.19. The number of nitrogens with zero attached hydrogens (tertiary/aromatic N) is 2. The van der Waals surface area contributed by atoms with Gasteiger partial charge in [0.1, 0.15) is 0 Å². The molecule has 1 atom stereocenters. The zero-order valence-corrected chi connectivity index (χ0v) is 6.02. The van der Waals surface area contributed by atoms with Gasteiger partial charge in [0.15, 0.2) is 5.66 Å². The Bertz CT molecular complexity index is 161. The van der Waals surface area contributed by atoms with E-state index in [0.717, 1.165) is 0 Å². The van der Waals surface area contributed by atoms with E-state index in [1.54, 1.807) is 0 Å². The Morgan fingerprint density at radius 3 is 2.56 bits per heavy atom. The summed E-state index contributed by atoms with van der Waals surface area (Å²) in [6.45, 7) is 1.89. The van der Waals surface area contributed by atoms with E-state index in [-0.39, 0.29) is 5.66 Å². The second-order valence-electron chi connectivity index (χ2n) is 2.25. The fraction of sp³-hybridized carbons (Fsp3) is 1.00. The molecule has 1 rings (SSSR count). The molecule has 0 bridgehead atoms. The van der Waals surface area contributed by atoms with E-state index in [1.807, 2.05) is 6.92 Å². The first-order valence-corrected chi connectivity index (χ1v) is 4.07. The summed E-state index contributed by atoms with van der Waals surface area (Å²) in [4.78, 5) is 0. The Kier molecular flexibility index (Phi) is 1.63. The van der Waals surface area contributed by atoms with Crippen molar-refractivity contribution >= 4 is 11.0 Å².